The Bertz CT molecular complexity index is 1700. The lowest BCUT2D eigenvalue weighted by Crippen LogP contribution is -2.49. The van der Waals surface area contributed by atoms with Gasteiger partial charge in [0.15, 0.2) is 0 Å². The van der Waals surface area contributed by atoms with Gasteiger partial charge in [-0.15, -0.1) is 0 Å². The summed E-state index contributed by atoms with van der Waals surface area (Å²) in [4.78, 5) is 55.3. The van der Waals surface area contributed by atoms with E-state index in [1.54, 1.807) is 46.1 Å². The van der Waals surface area contributed by atoms with Crippen molar-refractivity contribution in [2.24, 2.45) is 7.05 Å². The molecule has 1 amide bonds. The number of nitrogens with one attached hydrogen (secondary N) is 1. The predicted octanol–water partition coefficient (Wildman–Crippen LogP) is 5.42. The lowest BCUT2D eigenvalue weighted by Gasteiger charge is -2.36. The van der Waals surface area contributed by atoms with Gasteiger partial charge >= 0.3 is 18.0 Å². The first-order chi connectivity index (χ1) is 20.9. The number of alkyl carbamates (subject to hydrolysis) is 1. The molecule has 3 heterocycles. The zero-order valence-corrected chi connectivity index (χ0v) is 27.6. The Morgan fingerprint density at radius 1 is 1.04 bits per heavy atom. The predicted molar refractivity (Wildman–Crippen MR) is 169 cm³/mol. The van der Waals surface area contributed by atoms with E-state index >= 15 is 0 Å². The fraction of sp³-hybridized carbons (Fsp3) is 0.500. The molecule has 0 saturated carbocycles. The van der Waals surface area contributed by atoms with Crippen molar-refractivity contribution in [3.63, 3.8) is 0 Å². The topological polar surface area (TPSA) is 121 Å². The highest BCUT2D eigenvalue weighted by Gasteiger charge is 2.35. The van der Waals surface area contributed by atoms with Crippen LogP contribution in [0.25, 0.3) is 10.9 Å². The fourth-order valence-electron chi connectivity index (χ4n) is 5.41. The third-order valence-corrected chi connectivity index (χ3v) is 7.57. The summed E-state index contributed by atoms with van der Waals surface area (Å²) < 4.78 is 33.4. The molecule has 1 aliphatic heterocycles. The quantitative estimate of drug-likeness (QED) is 0.279. The molecule has 1 atom stereocenters. The van der Waals surface area contributed by atoms with E-state index in [1.807, 2.05) is 4.90 Å². The van der Waals surface area contributed by atoms with Gasteiger partial charge in [0.05, 0.1) is 13.7 Å². The van der Waals surface area contributed by atoms with Crippen LogP contribution in [0.2, 0.25) is 5.02 Å². The van der Waals surface area contributed by atoms with E-state index in [9.17, 15) is 23.6 Å². The minimum atomic E-state index is -0.901. The van der Waals surface area contributed by atoms with Crippen LogP contribution >= 0.6 is 11.6 Å². The second-order valence-electron chi connectivity index (χ2n) is 13.1. The zero-order valence-electron chi connectivity index (χ0n) is 26.9. The van der Waals surface area contributed by atoms with Gasteiger partial charge in [0.2, 0.25) is 0 Å². The van der Waals surface area contributed by atoms with Crippen LogP contribution in [0, 0.1) is 5.82 Å². The molecular weight excluding hydrogens is 607 g/mol. The van der Waals surface area contributed by atoms with Gasteiger partial charge in [-0.1, -0.05) is 11.6 Å². The van der Waals surface area contributed by atoms with E-state index in [0.717, 1.165) is 4.57 Å². The average molecular weight is 647 g/mol. The van der Waals surface area contributed by atoms with Gasteiger partial charge < -0.3 is 33.6 Å². The van der Waals surface area contributed by atoms with Crippen molar-refractivity contribution in [2.45, 2.75) is 78.2 Å². The number of rotatable bonds is 6. The Morgan fingerprint density at radius 3 is 2.33 bits per heavy atom. The molecule has 2 aromatic heterocycles. The molecule has 0 bridgehead atoms. The van der Waals surface area contributed by atoms with Crippen LogP contribution in [0.4, 0.5) is 15.0 Å². The molecule has 0 spiro atoms. The molecule has 1 saturated heterocycles. The largest absolute Gasteiger partial charge is 0.464 e. The highest BCUT2D eigenvalue weighted by molar-refractivity contribution is 6.31. The second kappa shape index (κ2) is 12.7. The number of ether oxygens (including phenoxy) is 3. The number of hydrogen-bond acceptors (Lipinski definition) is 8. The number of esters is 2. The number of aromatic nitrogens is 2. The van der Waals surface area contributed by atoms with Crippen LogP contribution in [0.5, 0.6) is 0 Å². The third-order valence-electron chi connectivity index (χ3n) is 7.20. The van der Waals surface area contributed by atoms with Crippen LogP contribution in [0.3, 0.4) is 0 Å². The monoisotopic (exact) mass is 646 g/mol. The number of benzene rings is 1. The van der Waals surface area contributed by atoms with E-state index < -0.39 is 40.6 Å². The molecule has 244 valence electrons. The number of fused-ring (bicyclic) bond motifs is 1. The number of hydrogen-bond donors (Lipinski definition) is 1. The minimum absolute atomic E-state index is 0.0493. The van der Waals surface area contributed by atoms with E-state index in [-0.39, 0.29) is 46.3 Å². The smallest absolute Gasteiger partial charge is 0.407 e. The number of carbonyl (C=O) groups excluding carboxylic acids is 3. The number of piperidine rings is 1. The Morgan fingerprint density at radius 2 is 1.71 bits per heavy atom. The third kappa shape index (κ3) is 7.61. The summed E-state index contributed by atoms with van der Waals surface area (Å²) >= 11 is 6.49. The Kier molecular flexibility index (Phi) is 9.58. The van der Waals surface area contributed by atoms with E-state index in [1.165, 1.54) is 38.4 Å². The summed E-state index contributed by atoms with van der Waals surface area (Å²) in [6.07, 6.45) is 0.689. The summed E-state index contributed by atoms with van der Waals surface area (Å²) in [6.45, 7) is 11.1. The number of nitrogens with zero attached hydrogens (tertiary/aromatic N) is 3. The zero-order chi connectivity index (χ0) is 33.4. The van der Waals surface area contributed by atoms with Crippen molar-refractivity contribution in [3.05, 3.63) is 62.3 Å². The molecule has 0 radical (unpaired) electrons. The number of carbonyl (C=O) groups is 3. The molecule has 13 heteroatoms. The number of methoxy groups -OCH3 is 1. The Labute approximate surface area is 266 Å². The standard InChI is InChI=1S/C32H40ClFN4O7/c1-31(2,3)44-29(41)24-21-15-23(28(40)43-8)36(7)27(39)25(21)38(16-18-14-19(34)11-12-22(18)33)26(24)37-13-9-10-20(17-37)35-30(42)45-32(4,5)6/h11-12,14-15,20H,9-10,13,16-17H2,1-8H3,(H,35,42)/t20-/m1/s1. The van der Waals surface area contributed by atoms with Gasteiger partial charge in [0.25, 0.3) is 5.56 Å². The lowest BCUT2D eigenvalue weighted by molar-refractivity contribution is 0.00714. The van der Waals surface area contributed by atoms with Crippen molar-refractivity contribution < 1.29 is 33.0 Å². The van der Waals surface area contributed by atoms with Crippen molar-refractivity contribution >= 4 is 46.4 Å². The molecule has 45 heavy (non-hydrogen) atoms. The molecule has 11 nitrogen and oxygen atoms in total. The summed E-state index contributed by atoms with van der Waals surface area (Å²) in [5.74, 6) is -1.71. The maximum atomic E-state index is 14.4. The first-order valence-corrected chi connectivity index (χ1v) is 15.0. The van der Waals surface area contributed by atoms with E-state index in [0.29, 0.717) is 30.8 Å². The molecule has 4 rings (SSSR count). The number of anilines is 1. The van der Waals surface area contributed by atoms with Crippen LogP contribution < -0.4 is 15.8 Å². The van der Waals surface area contributed by atoms with Gasteiger partial charge in [-0.05, 0) is 84.2 Å². The summed E-state index contributed by atoms with van der Waals surface area (Å²) in [5.41, 5.74) is -1.76. The molecule has 0 aliphatic carbocycles. The van der Waals surface area contributed by atoms with E-state index in [4.69, 9.17) is 25.8 Å². The maximum absolute atomic E-state index is 14.4. The van der Waals surface area contributed by atoms with Crippen molar-refractivity contribution in [3.8, 4) is 0 Å². The van der Waals surface area contributed by atoms with Crippen LogP contribution in [-0.4, -0.2) is 64.6 Å². The average Bonchev–Trinajstić information content (AvgIpc) is 3.24. The fourth-order valence-corrected chi connectivity index (χ4v) is 5.59. The van der Waals surface area contributed by atoms with Crippen LogP contribution in [0.1, 0.15) is 80.8 Å². The first kappa shape index (κ1) is 33.8. The molecule has 1 fully saturated rings. The first-order valence-electron chi connectivity index (χ1n) is 14.7. The van der Waals surface area contributed by atoms with Gasteiger partial charge in [0.1, 0.15) is 39.6 Å². The number of pyridine rings is 1. The molecule has 1 aliphatic rings. The Hall–Kier alpha value is -4.06. The summed E-state index contributed by atoms with van der Waals surface area (Å²) in [5, 5.41) is 3.33. The Balaban J connectivity index is 2.00. The van der Waals surface area contributed by atoms with Crippen molar-refractivity contribution in [1.82, 2.24) is 14.5 Å². The van der Waals surface area contributed by atoms with Crippen LogP contribution in [0.15, 0.2) is 29.1 Å². The minimum Gasteiger partial charge on any atom is -0.464 e. The normalized spacial score (nSPS) is 15.6. The molecule has 1 N–H and O–H groups in total. The van der Waals surface area contributed by atoms with Crippen molar-refractivity contribution in [1.29, 1.82) is 0 Å². The van der Waals surface area contributed by atoms with E-state index in [2.05, 4.69) is 5.32 Å². The van der Waals surface area contributed by atoms with Gasteiger partial charge in [-0.2, -0.15) is 0 Å². The lowest BCUT2D eigenvalue weighted by atomic mass is 10.0. The molecule has 1 aromatic carbocycles. The highest BCUT2D eigenvalue weighted by Crippen LogP contribution is 2.37. The van der Waals surface area contributed by atoms with Gasteiger partial charge in [0, 0.05) is 36.6 Å². The number of amides is 1. The SMILES string of the molecule is COC(=O)c1cc2c(C(=O)OC(C)(C)C)c(N3CCC[C@@H](NC(=O)OC(C)(C)C)C3)n(Cc3cc(F)ccc3Cl)c2c(=O)n1C. The van der Waals surface area contributed by atoms with Crippen LogP contribution in [-0.2, 0) is 27.8 Å². The highest BCUT2D eigenvalue weighted by atomic mass is 35.5. The maximum Gasteiger partial charge on any atom is 0.407 e. The molecular formula is C32H40ClFN4O7. The van der Waals surface area contributed by atoms with Crippen molar-refractivity contribution in [2.75, 3.05) is 25.1 Å². The number of halogens is 2. The summed E-state index contributed by atoms with van der Waals surface area (Å²) in [6, 6.07) is 4.97. The van der Waals surface area contributed by atoms with Gasteiger partial charge in [-0.3, -0.25) is 4.79 Å². The van der Waals surface area contributed by atoms with Gasteiger partial charge in [-0.25, -0.2) is 18.8 Å². The molecule has 0 unspecified atom stereocenters. The second-order valence-corrected chi connectivity index (χ2v) is 13.5. The summed E-state index contributed by atoms with van der Waals surface area (Å²) in [7, 11) is 2.62. The molecule has 3 aromatic rings.